The molecule has 3 N–H and O–H groups in total. The van der Waals surface area contributed by atoms with Crippen molar-refractivity contribution in [1.82, 2.24) is 5.32 Å². The van der Waals surface area contributed by atoms with E-state index in [4.69, 9.17) is 5.73 Å². The number of hydrogen-bond acceptors (Lipinski definition) is 2. The minimum absolute atomic E-state index is 0.238. The number of hydrogen-bond donors (Lipinski definition) is 2. The van der Waals surface area contributed by atoms with E-state index >= 15 is 0 Å². The highest BCUT2D eigenvalue weighted by atomic mass is 19.1. The van der Waals surface area contributed by atoms with E-state index in [1.807, 2.05) is 12.2 Å². The highest BCUT2D eigenvalue weighted by Gasteiger charge is 2.06. The molecule has 0 aromatic heterocycles. The van der Waals surface area contributed by atoms with Crippen LogP contribution in [0, 0.1) is 5.82 Å². The van der Waals surface area contributed by atoms with Crippen LogP contribution in [0.1, 0.15) is 11.1 Å². The van der Waals surface area contributed by atoms with Crippen molar-refractivity contribution < 1.29 is 4.39 Å². The Hall–Kier alpha value is -2.49. The lowest BCUT2D eigenvalue weighted by Gasteiger charge is -2.12. The molecular weight excluding hydrogens is 299 g/mol. The fraction of sp³-hybridized carbons (Fsp3) is 0.143. The molecule has 0 fully saturated rings. The van der Waals surface area contributed by atoms with E-state index in [0.717, 1.165) is 40.9 Å². The maximum Gasteiger partial charge on any atom is 0.123 e. The predicted octanol–water partition coefficient (Wildman–Crippen LogP) is 4.30. The van der Waals surface area contributed by atoms with Crippen molar-refractivity contribution in [3.8, 4) is 11.1 Å². The second kappa shape index (κ2) is 8.96. The first-order valence-corrected chi connectivity index (χ1v) is 7.94. The van der Waals surface area contributed by atoms with Gasteiger partial charge in [-0.1, -0.05) is 43.5 Å². The summed E-state index contributed by atoms with van der Waals surface area (Å²) >= 11 is 0. The molecule has 0 aliphatic carbocycles. The molecule has 0 radical (unpaired) electrons. The van der Waals surface area contributed by atoms with E-state index < -0.39 is 0 Å². The van der Waals surface area contributed by atoms with Gasteiger partial charge >= 0.3 is 0 Å². The number of benzene rings is 2. The number of allylic oxidation sites excluding steroid dienone is 4. The van der Waals surface area contributed by atoms with Crippen LogP contribution in [-0.2, 0) is 6.54 Å². The number of rotatable bonds is 8. The maximum absolute atomic E-state index is 13.2. The Morgan fingerprint density at radius 1 is 1.08 bits per heavy atom. The minimum atomic E-state index is -0.238. The quantitative estimate of drug-likeness (QED) is 0.562. The number of nitrogens with one attached hydrogen (secondary N) is 1. The molecule has 3 heteroatoms. The van der Waals surface area contributed by atoms with Gasteiger partial charge in [-0.3, -0.25) is 0 Å². The summed E-state index contributed by atoms with van der Waals surface area (Å²) < 4.78 is 13.2. The van der Waals surface area contributed by atoms with Gasteiger partial charge in [0.1, 0.15) is 5.82 Å². The van der Waals surface area contributed by atoms with Gasteiger partial charge in [0, 0.05) is 19.6 Å². The van der Waals surface area contributed by atoms with Crippen molar-refractivity contribution >= 4 is 5.57 Å². The van der Waals surface area contributed by atoms with E-state index in [1.165, 1.54) is 12.1 Å². The molecule has 0 amide bonds. The van der Waals surface area contributed by atoms with Gasteiger partial charge in [0.05, 0.1) is 0 Å². The zero-order valence-electron chi connectivity index (χ0n) is 13.8. The van der Waals surface area contributed by atoms with Crippen LogP contribution in [0.5, 0.6) is 0 Å². The zero-order chi connectivity index (χ0) is 17.4. The topological polar surface area (TPSA) is 38.0 Å². The van der Waals surface area contributed by atoms with Gasteiger partial charge in [0.25, 0.3) is 0 Å². The molecule has 2 nitrogen and oxygen atoms in total. The number of nitrogens with two attached hydrogens (primary N) is 1. The first-order valence-electron chi connectivity index (χ1n) is 7.94. The molecular formula is C21H23FN2. The van der Waals surface area contributed by atoms with Crippen LogP contribution in [0.2, 0.25) is 0 Å². The molecule has 0 atom stereocenters. The van der Waals surface area contributed by atoms with Gasteiger partial charge in [0.2, 0.25) is 0 Å². The van der Waals surface area contributed by atoms with Crippen molar-refractivity contribution in [2.24, 2.45) is 5.73 Å². The molecule has 24 heavy (non-hydrogen) atoms. The van der Waals surface area contributed by atoms with Crippen LogP contribution in [0.4, 0.5) is 4.39 Å². The smallest absolute Gasteiger partial charge is 0.123 e. The molecule has 124 valence electrons. The van der Waals surface area contributed by atoms with Gasteiger partial charge in [-0.05, 0) is 58.2 Å². The predicted molar refractivity (Wildman–Crippen MR) is 101 cm³/mol. The summed E-state index contributed by atoms with van der Waals surface area (Å²) in [5, 5.41) is 3.30. The van der Waals surface area contributed by atoms with Crippen molar-refractivity contribution in [1.29, 1.82) is 0 Å². The highest BCUT2D eigenvalue weighted by Crippen LogP contribution is 2.27. The molecule has 0 aliphatic heterocycles. The molecule has 0 unspecified atom stereocenters. The van der Waals surface area contributed by atoms with Gasteiger partial charge in [0.15, 0.2) is 0 Å². The first kappa shape index (κ1) is 17.9. The fourth-order valence-corrected chi connectivity index (χ4v) is 2.51. The van der Waals surface area contributed by atoms with E-state index in [1.54, 1.807) is 18.2 Å². The Morgan fingerprint density at radius 2 is 1.83 bits per heavy atom. The summed E-state index contributed by atoms with van der Waals surface area (Å²) in [5.74, 6) is -0.238. The van der Waals surface area contributed by atoms with Crippen molar-refractivity contribution in [2.45, 2.75) is 6.54 Å². The molecule has 0 saturated heterocycles. The third-order valence-corrected chi connectivity index (χ3v) is 3.67. The van der Waals surface area contributed by atoms with Crippen LogP contribution < -0.4 is 11.1 Å². The number of halogens is 1. The highest BCUT2D eigenvalue weighted by molar-refractivity contribution is 5.79. The summed E-state index contributed by atoms with van der Waals surface area (Å²) in [6.45, 7) is 9.71. The first-order chi connectivity index (χ1) is 11.7. The normalized spacial score (nSPS) is 11.3. The summed E-state index contributed by atoms with van der Waals surface area (Å²) in [6.07, 6.45) is 5.48. The van der Waals surface area contributed by atoms with Crippen molar-refractivity contribution in [3.05, 3.63) is 90.8 Å². The molecule has 0 bridgehead atoms. The molecule has 2 aromatic rings. The molecule has 0 spiro atoms. The minimum Gasteiger partial charge on any atom is -0.329 e. The lowest BCUT2D eigenvalue weighted by Crippen LogP contribution is -2.21. The van der Waals surface area contributed by atoms with E-state index in [2.05, 4.69) is 36.7 Å². The summed E-state index contributed by atoms with van der Waals surface area (Å²) in [5.41, 5.74) is 10.7. The van der Waals surface area contributed by atoms with E-state index in [0.29, 0.717) is 6.54 Å². The largest absolute Gasteiger partial charge is 0.329 e. The third-order valence-electron chi connectivity index (χ3n) is 3.67. The van der Waals surface area contributed by atoms with Gasteiger partial charge in [-0.2, -0.15) is 0 Å². The maximum atomic E-state index is 13.2. The van der Waals surface area contributed by atoms with E-state index in [-0.39, 0.29) is 5.82 Å². The summed E-state index contributed by atoms with van der Waals surface area (Å²) in [7, 11) is 0. The van der Waals surface area contributed by atoms with Crippen LogP contribution in [0.3, 0.4) is 0 Å². The average Bonchev–Trinajstić information content (AvgIpc) is 2.60. The average molecular weight is 322 g/mol. The second-order valence-corrected chi connectivity index (χ2v) is 5.45. The van der Waals surface area contributed by atoms with Gasteiger partial charge in [-0.15, -0.1) is 0 Å². The zero-order valence-corrected chi connectivity index (χ0v) is 13.8. The Kier molecular flexibility index (Phi) is 6.67. The molecule has 2 rings (SSSR count). The Morgan fingerprint density at radius 3 is 2.46 bits per heavy atom. The van der Waals surface area contributed by atoms with Crippen LogP contribution in [-0.4, -0.2) is 13.1 Å². The van der Waals surface area contributed by atoms with Crippen molar-refractivity contribution in [3.63, 3.8) is 0 Å². The van der Waals surface area contributed by atoms with Gasteiger partial charge < -0.3 is 11.1 Å². The van der Waals surface area contributed by atoms with Crippen LogP contribution in [0.25, 0.3) is 16.7 Å². The van der Waals surface area contributed by atoms with E-state index in [9.17, 15) is 4.39 Å². The van der Waals surface area contributed by atoms with Crippen LogP contribution >= 0.6 is 0 Å². The lowest BCUT2D eigenvalue weighted by molar-refractivity contribution is 0.628. The molecule has 2 aromatic carbocycles. The SMILES string of the molecule is C=C/C=C(\C=C)c1cc(CNCCN)cc(-c2ccc(F)cc2)c1. The Balaban J connectivity index is 2.46. The third kappa shape index (κ3) is 4.75. The van der Waals surface area contributed by atoms with Crippen LogP contribution in [0.15, 0.2) is 73.9 Å². The van der Waals surface area contributed by atoms with Crippen molar-refractivity contribution in [2.75, 3.05) is 13.1 Å². The van der Waals surface area contributed by atoms with Gasteiger partial charge in [-0.25, -0.2) is 4.39 Å². The summed E-state index contributed by atoms with van der Waals surface area (Å²) in [4.78, 5) is 0. The standard InChI is InChI=1S/C21H23FN2/c1-3-5-17(4-2)19-12-16(15-24-11-10-23)13-20(14-19)18-6-8-21(22)9-7-18/h3-9,12-14,24H,1-2,10-11,15,23H2/b17-5+. The molecule has 0 aliphatic rings. The second-order valence-electron chi connectivity index (χ2n) is 5.45. The molecule has 0 saturated carbocycles. The molecule has 0 heterocycles. The fourth-order valence-electron chi connectivity index (χ4n) is 2.51. The lowest BCUT2D eigenvalue weighted by atomic mass is 9.95. The Labute approximate surface area is 143 Å². The summed E-state index contributed by atoms with van der Waals surface area (Å²) in [6, 6.07) is 12.8. The monoisotopic (exact) mass is 322 g/mol. The Bertz CT molecular complexity index is 730.